The number of hydrogen-bond donors (Lipinski definition) is 0. The second-order valence-electron chi connectivity index (χ2n) is 4.75. The van der Waals surface area contributed by atoms with E-state index in [9.17, 15) is 0 Å². The maximum atomic E-state index is 4.24. The molecule has 21 heavy (non-hydrogen) atoms. The maximum absolute atomic E-state index is 4.24. The van der Waals surface area contributed by atoms with E-state index < -0.39 is 0 Å². The average Bonchev–Trinajstić information content (AvgIpc) is 2.56. The summed E-state index contributed by atoms with van der Waals surface area (Å²) < 4.78 is 2.14. The van der Waals surface area contributed by atoms with Crippen molar-refractivity contribution < 1.29 is 4.57 Å². The lowest BCUT2D eigenvalue weighted by Crippen LogP contribution is -2.32. The molecule has 0 saturated heterocycles. The Bertz CT molecular complexity index is 704. The summed E-state index contributed by atoms with van der Waals surface area (Å²) in [5, 5.41) is 8.45. The zero-order valence-corrected chi connectivity index (χ0v) is 11.6. The largest absolute Gasteiger partial charge is 0.201 e. The van der Waals surface area contributed by atoms with Crippen LogP contribution in [0.1, 0.15) is 5.56 Å². The van der Waals surface area contributed by atoms with Crippen LogP contribution in [-0.2, 0) is 6.54 Å². The van der Waals surface area contributed by atoms with Crippen LogP contribution >= 0.6 is 0 Å². The monoisotopic (exact) mass is 274 g/mol. The fourth-order valence-electron chi connectivity index (χ4n) is 2.03. The van der Waals surface area contributed by atoms with E-state index in [4.69, 9.17) is 0 Å². The van der Waals surface area contributed by atoms with Crippen molar-refractivity contribution in [2.75, 3.05) is 0 Å². The molecule has 1 aromatic heterocycles. The molecular formula is C18H16N3+. The minimum atomic E-state index is 0.858. The maximum Gasteiger partial charge on any atom is 0.173 e. The zero-order chi connectivity index (χ0) is 14.3. The van der Waals surface area contributed by atoms with Gasteiger partial charge in [0.25, 0.3) is 0 Å². The highest BCUT2D eigenvalue weighted by molar-refractivity contribution is 5.40. The van der Waals surface area contributed by atoms with Crippen LogP contribution in [0, 0.1) is 0 Å². The lowest BCUT2D eigenvalue weighted by Gasteiger charge is -1.98. The van der Waals surface area contributed by atoms with Crippen molar-refractivity contribution in [3.05, 3.63) is 90.8 Å². The fourth-order valence-corrected chi connectivity index (χ4v) is 2.03. The lowest BCUT2D eigenvalue weighted by atomic mass is 10.2. The van der Waals surface area contributed by atoms with Gasteiger partial charge in [-0.3, -0.25) is 0 Å². The van der Waals surface area contributed by atoms with Crippen LogP contribution in [0.3, 0.4) is 0 Å². The van der Waals surface area contributed by atoms with Gasteiger partial charge in [-0.05, 0) is 24.3 Å². The number of hydrogen-bond acceptors (Lipinski definition) is 2. The van der Waals surface area contributed by atoms with E-state index >= 15 is 0 Å². The van der Waals surface area contributed by atoms with E-state index in [1.54, 1.807) is 0 Å². The summed E-state index contributed by atoms with van der Waals surface area (Å²) in [6, 6.07) is 24.0. The van der Waals surface area contributed by atoms with Gasteiger partial charge >= 0.3 is 0 Å². The van der Waals surface area contributed by atoms with Gasteiger partial charge in [0.05, 0.1) is 11.4 Å². The average molecular weight is 274 g/mol. The van der Waals surface area contributed by atoms with Crippen molar-refractivity contribution in [3.63, 3.8) is 0 Å². The summed E-state index contributed by atoms with van der Waals surface area (Å²) in [7, 11) is 0. The van der Waals surface area contributed by atoms with Gasteiger partial charge in [0.2, 0.25) is 0 Å². The second-order valence-corrected chi connectivity index (χ2v) is 4.75. The van der Waals surface area contributed by atoms with Gasteiger partial charge in [0.1, 0.15) is 0 Å². The number of azo groups is 1. The summed E-state index contributed by atoms with van der Waals surface area (Å²) in [6.45, 7) is 0.858. The first-order valence-corrected chi connectivity index (χ1v) is 6.90. The third-order valence-corrected chi connectivity index (χ3v) is 3.12. The first-order chi connectivity index (χ1) is 10.4. The highest BCUT2D eigenvalue weighted by Gasteiger charge is 2.00. The summed E-state index contributed by atoms with van der Waals surface area (Å²) in [5.41, 5.74) is 2.96. The Morgan fingerprint density at radius 1 is 0.619 bits per heavy atom. The summed E-state index contributed by atoms with van der Waals surface area (Å²) in [5.74, 6) is 0. The van der Waals surface area contributed by atoms with Crippen LogP contribution in [0.5, 0.6) is 0 Å². The van der Waals surface area contributed by atoms with Gasteiger partial charge in [-0.2, -0.15) is 10.2 Å². The predicted molar refractivity (Wildman–Crippen MR) is 82.8 cm³/mol. The number of benzene rings is 2. The summed E-state index contributed by atoms with van der Waals surface area (Å²) in [6.07, 6.45) is 4.12. The van der Waals surface area contributed by atoms with Crippen LogP contribution in [0.15, 0.2) is 95.4 Å². The first kappa shape index (κ1) is 13.2. The summed E-state index contributed by atoms with van der Waals surface area (Å²) in [4.78, 5) is 0. The smallest absolute Gasteiger partial charge is 0.173 e. The van der Waals surface area contributed by atoms with Gasteiger partial charge < -0.3 is 0 Å². The van der Waals surface area contributed by atoms with E-state index in [0.29, 0.717) is 0 Å². The molecule has 0 atom stereocenters. The van der Waals surface area contributed by atoms with E-state index in [-0.39, 0.29) is 0 Å². The number of aromatic nitrogens is 1. The van der Waals surface area contributed by atoms with E-state index in [1.807, 2.05) is 60.7 Å². The molecule has 0 spiro atoms. The molecule has 102 valence electrons. The van der Waals surface area contributed by atoms with Crippen LogP contribution in [0.25, 0.3) is 0 Å². The Balaban J connectivity index is 1.68. The van der Waals surface area contributed by atoms with Gasteiger partial charge in [0.15, 0.2) is 18.9 Å². The summed E-state index contributed by atoms with van der Waals surface area (Å²) >= 11 is 0. The number of rotatable bonds is 4. The molecule has 0 bridgehead atoms. The third-order valence-electron chi connectivity index (χ3n) is 3.12. The molecule has 0 amide bonds. The molecule has 0 aliphatic heterocycles. The molecular weight excluding hydrogens is 258 g/mol. The van der Waals surface area contributed by atoms with Crippen LogP contribution in [-0.4, -0.2) is 0 Å². The standard InChI is InChI=1S/C18H16N3/c1-3-7-17(8-4-1)19-20-18-11-9-16(10-12-18)15-21-13-5-2-6-14-21/h1-14H,15H2/q+1. The highest BCUT2D eigenvalue weighted by atomic mass is 15.1. The van der Waals surface area contributed by atoms with Crippen molar-refractivity contribution >= 4 is 11.4 Å². The Morgan fingerprint density at radius 2 is 1.19 bits per heavy atom. The SMILES string of the molecule is c1ccc(N=Nc2ccc(C[n+]3ccccc3)cc2)cc1. The molecule has 0 unspecified atom stereocenters. The topological polar surface area (TPSA) is 28.6 Å². The molecule has 3 heteroatoms. The van der Waals surface area contributed by atoms with E-state index in [2.05, 4.69) is 39.3 Å². The fraction of sp³-hybridized carbons (Fsp3) is 0.0556. The van der Waals surface area contributed by atoms with Crippen molar-refractivity contribution in [1.82, 2.24) is 0 Å². The number of pyridine rings is 1. The zero-order valence-electron chi connectivity index (χ0n) is 11.6. The van der Waals surface area contributed by atoms with Gasteiger partial charge in [-0.1, -0.05) is 36.4 Å². The Morgan fingerprint density at radius 3 is 1.86 bits per heavy atom. The van der Waals surface area contributed by atoms with Crippen molar-refractivity contribution in [2.24, 2.45) is 10.2 Å². The van der Waals surface area contributed by atoms with Crippen LogP contribution in [0.4, 0.5) is 11.4 Å². The predicted octanol–water partition coefficient (Wildman–Crippen LogP) is 4.44. The van der Waals surface area contributed by atoms with Crippen LogP contribution < -0.4 is 4.57 Å². The Hall–Kier alpha value is -2.81. The van der Waals surface area contributed by atoms with Crippen molar-refractivity contribution in [1.29, 1.82) is 0 Å². The molecule has 0 aliphatic rings. The molecule has 3 rings (SSSR count). The van der Waals surface area contributed by atoms with Crippen molar-refractivity contribution in [3.8, 4) is 0 Å². The third kappa shape index (κ3) is 3.83. The van der Waals surface area contributed by atoms with Gasteiger partial charge in [0, 0.05) is 17.7 Å². The first-order valence-electron chi connectivity index (χ1n) is 6.90. The lowest BCUT2D eigenvalue weighted by molar-refractivity contribution is -0.688. The molecule has 0 radical (unpaired) electrons. The Labute approximate surface area is 124 Å². The minimum absolute atomic E-state index is 0.858. The molecule has 3 aromatic rings. The van der Waals surface area contributed by atoms with Gasteiger partial charge in [-0.25, -0.2) is 4.57 Å². The van der Waals surface area contributed by atoms with E-state index in [0.717, 1.165) is 17.9 Å². The highest BCUT2D eigenvalue weighted by Crippen LogP contribution is 2.18. The normalized spacial score (nSPS) is 10.9. The molecule has 0 saturated carbocycles. The second kappa shape index (κ2) is 6.57. The van der Waals surface area contributed by atoms with E-state index in [1.165, 1.54) is 5.56 Å². The van der Waals surface area contributed by atoms with Crippen molar-refractivity contribution in [2.45, 2.75) is 6.54 Å². The Kier molecular flexibility index (Phi) is 4.12. The molecule has 0 fully saturated rings. The minimum Gasteiger partial charge on any atom is -0.201 e. The van der Waals surface area contributed by atoms with Gasteiger partial charge in [-0.15, -0.1) is 0 Å². The molecule has 1 heterocycles. The quantitative estimate of drug-likeness (QED) is 0.497. The molecule has 0 N–H and O–H groups in total. The number of nitrogens with zero attached hydrogens (tertiary/aromatic N) is 3. The van der Waals surface area contributed by atoms with Crippen LogP contribution in [0.2, 0.25) is 0 Å². The molecule has 3 nitrogen and oxygen atoms in total. The molecule has 2 aromatic carbocycles. The molecule has 0 aliphatic carbocycles.